The van der Waals surface area contributed by atoms with E-state index in [4.69, 9.17) is 9.15 Å². The number of hydrogen-bond donors (Lipinski definition) is 1. The summed E-state index contributed by atoms with van der Waals surface area (Å²) in [6.45, 7) is 10.5. The quantitative estimate of drug-likeness (QED) is 0.592. The third kappa shape index (κ3) is 6.70. The fraction of sp³-hybridized carbons (Fsp3) is 0.565. The molecule has 2 aromatic heterocycles. The van der Waals surface area contributed by atoms with Gasteiger partial charge < -0.3 is 23.9 Å². The molecule has 1 saturated heterocycles. The topological polar surface area (TPSA) is 80.0 Å². The fourth-order valence-corrected chi connectivity index (χ4v) is 3.72. The molecule has 0 saturated carbocycles. The van der Waals surface area contributed by atoms with E-state index < -0.39 is 0 Å². The summed E-state index contributed by atoms with van der Waals surface area (Å²) in [7, 11) is 0. The number of aromatic nitrogens is 1. The van der Waals surface area contributed by atoms with Crippen molar-refractivity contribution in [2.75, 3.05) is 45.9 Å². The molecule has 0 atom stereocenters. The van der Waals surface area contributed by atoms with Gasteiger partial charge in [-0.15, -0.1) is 0 Å². The molecular weight excluding hydrogens is 396 g/mol. The van der Waals surface area contributed by atoms with Gasteiger partial charge in [0, 0.05) is 51.0 Å². The van der Waals surface area contributed by atoms with E-state index in [9.17, 15) is 9.59 Å². The lowest BCUT2D eigenvalue weighted by Gasteiger charge is -2.26. The first-order valence-corrected chi connectivity index (χ1v) is 11.2. The summed E-state index contributed by atoms with van der Waals surface area (Å²) >= 11 is 0. The molecule has 3 heterocycles. The number of ether oxygens (including phenoxy) is 1. The zero-order chi connectivity index (χ0) is 22.1. The molecule has 3 rings (SSSR count). The molecule has 1 N–H and O–H groups in total. The van der Waals surface area contributed by atoms with E-state index >= 15 is 0 Å². The molecule has 1 aliphatic heterocycles. The van der Waals surface area contributed by atoms with Crippen LogP contribution in [0.1, 0.15) is 48.7 Å². The van der Waals surface area contributed by atoms with Crippen molar-refractivity contribution < 1.29 is 18.7 Å². The van der Waals surface area contributed by atoms with Crippen molar-refractivity contribution in [2.24, 2.45) is 0 Å². The molecule has 0 unspecified atom stereocenters. The summed E-state index contributed by atoms with van der Waals surface area (Å²) in [5, 5.41) is 2.92. The van der Waals surface area contributed by atoms with Gasteiger partial charge >= 0.3 is 0 Å². The maximum Gasteiger partial charge on any atom is 0.287 e. The van der Waals surface area contributed by atoms with Crippen molar-refractivity contribution in [3.05, 3.63) is 47.7 Å². The average molecular weight is 431 g/mol. The van der Waals surface area contributed by atoms with Gasteiger partial charge in [-0.25, -0.2) is 0 Å². The van der Waals surface area contributed by atoms with E-state index in [-0.39, 0.29) is 11.8 Å². The number of carbonyl (C=O) groups is 2. The fourth-order valence-electron chi connectivity index (χ4n) is 3.72. The zero-order valence-electron chi connectivity index (χ0n) is 18.6. The number of furan rings is 1. The Kier molecular flexibility index (Phi) is 8.73. The summed E-state index contributed by atoms with van der Waals surface area (Å²) in [5.74, 6) is 0.984. The number of nitrogens with one attached hydrogen (secondary N) is 1. The van der Waals surface area contributed by atoms with Gasteiger partial charge in [-0.1, -0.05) is 13.8 Å². The van der Waals surface area contributed by atoms with Crippen molar-refractivity contribution in [2.45, 2.75) is 39.8 Å². The molecule has 8 heteroatoms. The van der Waals surface area contributed by atoms with Crippen LogP contribution in [-0.4, -0.2) is 72.1 Å². The average Bonchev–Trinajstić information content (AvgIpc) is 3.43. The SMILES string of the molecule is CCCN(Cc1cccn1Cc1ccc(C(=O)NCCN2CCOCC2)o1)C(=O)CC. The van der Waals surface area contributed by atoms with Crippen LogP contribution in [0.2, 0.25) is 0 Å². The summed E-state index contributed by atoms with van der Waals surface area (Å²) < 4.78 is 13.2. The molecule has 170 valence electrons. The van der Waals surface area contributed by atoms with Crippen molar-refractivity contribution in [1.29, 1.82) is 0 Å². The maximum atomic E-state index is 12.4. The Morgan fingerprint density at radius 2 is 1.97 bits per heavy atom. The standard InChI is InChI=1S/C23H34N4O4/c1-3-10-27(22(28)4-2)17-19-6-5-11-26(19)18-20-7-8-21(31-20)23(29)24-9-12-25-13-15-30-16-14-25/h5-8,11H,3-4,9-10,12-18H2,1-2H3,(H,24,29). The first kappa shape index (κ1) is 23.1. The molecule has 2 amide bonds. The first-order chi connectivity index (χ1) is 15.1. The van der Waals surface area contributed by atoms with Gasteiger partial charge in [0.05, 0.1) is 26.3 Å². The number of nitrogens with zero attached hydrogens (tertiary/aromatic N) is 3. The molecule has 0 aromatic carbocycles. The van der Waals surface area contributed by atoms with Crippen molar-refractivity contribution >= 4 is 11.8 Å². The van der Waals surface area contributed by atoms with E-state index in [1.165, 1.54) is 0 Å². The van der Waals surface area contributed by atoms with Gasteiger partial charge in [0.2, 0.25) is 5.91 Å². The van der Waals surface area contributed by atoms with Crippen LogP contribution >= 0.6 is 0 Å². The van der Waals surface area contributed by atoms with Crippen molar-refractivity contribution in [3.8, 4) is 0 Å². The van der Waals surface area contributed by atoms with E-state index in [2.05, 4.69) is 21.7 Å². The normalized spacial score (nSPS) is 14.5. The van der Waals surface area contributed by atoms with Crippen LogP contribution in [0.5, 0.6) is 0 Å². The lowest BCUT2D eigenvalue weighted by molar-refractivity contribution is -0.131. The third-order valence-electron chi connectivity index (χ3n) is 5.45. The van der Waals surface area contributed by atoms with Crippen LogP contribution in [0, 0.1) is 0 Å². The molecule has 0 bridgehead atoms. The summed E-state index contributed by atoms with van der Waals surface area (Å²) in [6, 6.07) is 7.54. The van der Waals surface area contributed by atoms with E-state index in [0.29, 0.717) is 37.6 Å². The minimum Gasteiger partial charge on any atom is -0.454 e. The van der Waals surface area contributed by atoms with Crippen LogP contribution in [0.15, 0.2) is 34.9 Å². The third-order valence-corrected chi connectivity index (χ3v) is 5.45. The van der Waals surface area contributed by atoms with Crippen LogP contribution in [0.3, 0.4) is 0 Å². The second-order valence-corrected chi connectivity index (χ2v) is 7.77. The van der Waals surface area contributed by atoms with Gasteiger partial charge in [-0.3, -0.25) is 14.5 Å². The highest BCUT2D eigenvalue weighted by atomic mass is 16.5. The van der Waals surface area contributed by atoms with Crippen molar-refractivity contribution in [1.82, 2.24) is 19.7 Å². The van der Waals surface area contributed by atoms with Crippen molar-refractivity contribution in [3.63, 3.8) is 0 Å². The second kappa shape index (κ2) is 11.7. The lowest BCUT2D eigenvalue weighted by atomic mass is 10.3. The van der Waals surface area contributed by atoms with E-state index in [1.807, 2.05) is 36.2 Å². The Balaban J connectivity index is 1.53. The lowest BCUT2D eigenvalue weighted by Crippen LogP contribution is -2.41. The molecule has 2 aromatic rings. The molecule has 1 fully saturated rings. The number of hydrogen-bond acceptors (Lipinski definition) is 5. The second-order valence-electron chi connectivity index (χ2n) is 7.77. The Hall–Kier alpha value is -2.58. The highest BCUT2D eigenvalue weighted by Crippen LogP contribution is 2.14. The van der Waals surface area contributed by atoms with Gasteiger partial charge in [-0.2, -0.15) is 0 Å². The number of morpholine rings is 1. The largest absolute Gasteiger partial charge is 0.454 e. The van der Waals surface area contributed by atoms with Crippen LogP contribution in [-0.2, 0) is 22.6 Å². The van der Waals surface area contributed by atoms with Crippen LogP contribution in [0.25, 0.3) is 0 Å². The Morgan fingerprint density at radius 1 is 1.16 bits per heavy atom. The molecule has 1 aliphatic rings. The Labute approximate surface area is 184 Å². The molecule has 0 radical (unpaired) electrons. The Morgan fingerprint density at radius 3 is 2.71 bits per heavy atom. The molecular formula is C23H34N4O4. The minimum absolute atomic E-state index is 0.156. The van der Waals surface area contributed by atoms with Gasteiger partial charge in [-0.05, 0) is 30.7 Å². The maximum absolute atomic E-state index is 12.4. The monoisotopic (exact) mass is 430 g/mol. The molecule has 8 nitrogen and oxygen atoms in total. The minimum atomic E-state index is -0.199. The van der Waals surface area contributed by atoms with Crippen LogP contribution < -0.4 is 5.32 Å². The number of carbonyl (C=O) groups excluding carboxylic acids is 2. The number of rotatable bonds is 11. The van der Waals surface area contributed by atoms with Gasteiger partial charge in [0.15, 0.2) is 5.76 Å². The van der Waals surface area contributed by atoms with E-state index in [0.717, 1.165) is 51.5 Å². The van der Waals surface area contributed by atoms with Gasteiger partial charge in [0.25, 0.3) is 5.91 Å². The summed E-state index contributed by atoms with van der Waals surface area (Å²) in [4.78, 5) is 28.8. The Bertz CT molecular complexity index is 838. The smallest absolute Gasteiger partial charge is 0.287 e. The highest BCUT2D eigenvalue weighted by Gasteiger charge is 2.16. The summed E-state index contributed by atoms with van der Waals surface area (Å²) in [6.07, 6.45) is 3.40. The van der Waals surface area contributed by atoms with Gasteiger partial charge in [0.1, 0.15) is 5.76 Å². The van der Waals surface area contributed by atoms with E-state index in [1.54, 1.807) is 6.07 Å². The predicted octanol–water partition coefficient (Wildman–Crippen LogP) is 2.34. The predicted molar refractivity (Wildman–Crippen MR) is 118 cm³/mol. The first-order valence-electron chi connectivity index (χ1n) is 11.2. The zero-order valence-corrected chi connectivity index (χ0v) is 18.6. The number of amides is 2. The summed E-state index contributed by atoms with van der Waals surface area (Å²) in [5.41, 5.74) is 1.04. The molecule has 0 aliphatic carbocycles. The highest BCUT2D eigenvalue weighted by molar-refractivity contribution is 5.91. The van der Waals surface area contributed by atoms with Crippen LogP contribution in [0.4, 0.5) is 0 Å². The molecule has 0 spiro atoms. The molecule has 31 heavy (non-hydrogen) atoms.